The van der Waals surface area contributed by atoms with Crippen LogP contribution in [0.2, 0.25) is 0 Å². The number of aliphatic hydroxyl groups is 1. The van der Waals surface area contributed by atoms with E-state index in [2.05, 4.69) is 9.88 Å². The van der Waals surface area contributed by atoms with Gasteiger partial charge in [0, 0.05) is 36.6 Å². The average Bonchev–Trinajstić information content (AvgIpc) is 2.63. The van der Waals surface area contributed by atoms with E-state index in [1.807, 2.05) is 30.3 Å². The molecule has 1 N–H and O–H groups in total. The number of benzene rings is 1. The van der Waals surface area contributed by atoms with Crippen LogP contribution in [0.3, 0.4) is 0 Å². The molecule has 2 fully saturated rings. The van der Waals surface area contributed by atoms with E-state index in [0.717, 1.165) is 18.8 Å². The van der Waals surface area contributed by atoms with Crippen LogP contribution in [0.1, 0.15) is 29.5 Å². The van der Waals surface area contributed by atoms with Crippen LogP contribution in [0, 0.1) is 0 Å². The van der Waals surface area contributed by atoms with Crippen LogP contribution in [0.25, 0.3) is 0 Å². The summed E-state index contributed by atoms with van der Waals surface area (Å²) in [5.74, 6) is 0. The van der Waals surface area contributed by atoms with Crippen molar-refractivity contribution in [1.29, 1.82) is 0 Å². The Balaban J connectivity index is 1.59. The number of morpholine rings is 1. The molecule has 3 heterocycles. The lowest BCUT2D eigenvalue weighted by Crippen LogP contribution is -2.60. The molecule has 2 atom stereocenters. The van der Waals surface area contributed by atoms with Crippen LogP contribution in [-0.4, -0.2) is 40.3 Å². The fraction of sp³-hybridized carbons (Fsp3) is 0.450. The third-order valence-electron chi connectivity index (χ3n) is 5.52. The summed E-state index contributed by atoms with van der Waals surface area (Å²) in [5, 5.41) is 11.2. The van der Waals surface area contributed by atoms with Crippen molar-refractivity contribution in [3.8, 4) is 0 Å². The molecule has 1 aromatic heterocycles. The first-order chi connectivity index (χ1) is 12.9. The predicted molar refractivity (Wildman–Crippen MR) is 92.7 cm³/mol. The first kappa shape index (κ1) is 18.4. The van der Waals surface area contributed by atoms with Crippen molar-refractivity contribution < 1.29 is 23.0 Å². The number of rotatable bonds is 3. The monoisotopic (exact) mass is 378 g/mol. The van der Waals surface area contributed by atoms with Gasteiger partial charge in [-0.2, -0.15) is 13.2 Å². The second-order valence-corrected chi connectivity index (χ2v) is 7.40. The molecule has 2 saturated heterocycles. The highest BCUT2D eigenvalue weighted by Crippen LogP contribution is 2.42. The standard InChI is InChI=1S/C20H21F3N2O2/c21-20(22,23)16-6-15(9-24-10-16)19(26)7-17-12-27-13-18(8-19)25(17)11-14-4-2-1-3-5-14/h1-6,9-10,17-18,26H,7-8,11-13H2. The number of hydrogen-bond donors (Lipinski definition) is 1. The molecule has 0 spiro atoms. The number of halogens is 3. The second-order valence-electron chi connectivity index (χ2n) is 7.40. The molecule has 2 aliphatic heterocycles. The number of fused-ring (bicyclic) bond motifs is 2. The summed E-state index contributed by atoms with van der Waals surface area (Å²) in [7, 11) is 0. The summed E-state index contributed by atoms with van der Waals surface area (Å²) >= 11 is 0. The van der Waals surface area contributed by atoms with Crippen LogP contribution in [0.5, 0.6) is 0 Å². The molecule has 2 bridgehead atoms. The average molecular weight is 378 g/mol. The van der Waals surface area contributed by atoms with Crippen LogP contribution in [-0.2, 0) is 23.1 Å². The minimum atomic E-state index is -4.48. The van der Waals surface area contributed by atoms with Crippen LogP contribution in [0.4, 0.5) is 13.2 Å². The van der Waals surface area contributed by atoms with Crippen molar-refractivity contribution in [3.63, 3.8) is 0 Å². The zero-order valence-corrected chi connectivity index (χ0v) is 14.7. The molecular weight excluding hydrogens is 357 g/mol. The number of alkyl halides is 3. The van der Waals surface area contributed by atoms with Crippen molar-refractivity contribution in [3.05, 3.63) is 65.5 Å². The summed E-state index contributed by atoms with van der Waals surface area (Å²) in [6.07, 6.45) is -1.70. The lowest BCUT2D eigenvalue weighted by atomic mass is 9.77. The van der Waals surface area contributed by atoms with E-state index in [1.54, 1.807) is 0 Å². The SMILES string of the molecule is OC1(c2cncc(C(F)(F)F)c2)CC2COCC(C1)N2Cc1ccccc1. The first-order valence-electron chi connectivity index (χ1n) is 8.98. The first-order valence-corrected chi connectivity index (χ1v) is 8.98. The molecule has 2 aliphatic rings. The highest BCUT2D eigenvalue weighted by atomic mass is 19.4. The molecule has 144 valence electrons. The second kappa shape index (κ2) is 6.89. The summed E-state index contributed by atoms with van der Waals surface area (Å²) in [6, 6.07) is 10.9. The van der Waals surface area contributed by atoms with Crippen LogP contribution >= 0.6 is 0 Å². The van der Waals surface area contributed by atoms with Gasteiger partial charge in [0.15, 0.2) is 0 Å². The Kier molecular flexibility index (Phi) is 4.70. The quantitative estimate of drug-likeness (QED) is 0.890. The summed E-state index contributed by atoms with van der Waals surface area (Å²) in [5.41, 5.74) is -0.767. The Labute approximate surface area is 155 Å². The van der Waals surface area contributed by atoms with Crippen molar-refractivity contribution in [2.45, 2.75) is 43.2 Å². The van der Waals surface area contributed by atoms with E-state index in [1.165, 1.54) is 11.8 Å². The van der Waals surface area contributed by atoms with Gasteiger partial charge in [-0.15, -0.1) is 0 Å². The summed E-state index contributed by atoms with van der Waals surface area (Å²) < 4.78 is 44.8. The zero-order valence-electron chi connectivity index (χ0n) is 14.7. The smallest absolute Gasteiger partial charge is 0.385 e. The molecule has 4 nitrogen and oxygen atoms in total. The third kappa shape index (κ3) is 3.72. The minimum Gasteiger partial charge on any atom is -0.385 e. The maximum Gasteiger partial charge on any atom is 0.417 e. The van der Waals surface area contributed by atoms with Gasteiger partial charge in [0.1, 0.15) is 0 Å². The van der Waals surface area contributed by atoms with E-state index >= 15 is 0 Å². The fourth-order valence-electron chi connectivity index (χ4n) is 4.18. The van der Waals surface area contributed by atoms with Gasteiger partial charge in [0.05, 0.1) is 24.4 Å². The predicted octanol–water partition coefficient (Wildman–Crippen LogP) is 3.35. The highest BCUT2D eigenvalue weighted by molar-refractivity contribution is 5.28. The summed E-state index contributed by atoms with van der Waals surface area (Å²) in [6.45, 7) is 1.65. The van der Waals surface area contributed by atoms with E-state index in [-0.39, 0.29) is 17.6 Å². The normalized spacial score (nSPS) is 28.9. The molecule has 27 heavy (non-hydrogen) atoms. The minimum absolute atomic E-state index is 0.0581. The van der Waals surface area contributed by atoms with Gasteiger partial charge in [0.2, 0.25) is 0 Å². The Morgan fingerprint density at radius 3 is 2.41 bits per heavy atom. The largest absolute Gasteiger partial charge is 0.417 e. The fourth-order valence-corrected chi connectivity index (χ4v) is 4.18. The van der Waals surface area contributed by atoms with Gasteiger partial charge in [-0.05, 0) is 24.5 Å². The molecule has 2 unspecified atom stereocenters. The van der Waals surface area contributed by atoms with E-state index < -0.39 is 17.3 Å². The number of ether oxygens (including phenoxy) is 1. The number of piperidine rings is 1. The van der Waals surface area contributed by atoms with Crippen LogP contribution in [0.15, 0.2) is 48.8 Å². The number of aromatic nitrogens is 1. The lowest BCUT2D eigenvalue weighted by molar-refractivity contribution is -0.150. The van der Waals surface area contributed by atoms with Gasteiger partial charge in [-0.3, -0.25) is 9.88 Å². The Morgan fingerprint density at radius 1 is 1.11 bits per heavy atom. The van der Waals surface area contributed by atoms with E-state index in [0.29, 0.717) is 26.1 Å². The third-order valence-corrected chi connectivity index (χ3v) is 5.52. The molecule has 0 amide bonds. The molecule has 2 aromatic rings. The van der Waals surface area contributed by atoms with Gasteiger partial charge in [-0.1, -0.05) is 30.3 Å². The molecular formula is C20H21F3N2O2. The Morgan fingerprint density at radius 2 is 1.78 bits per heavy atom. The number of hydrogen-bond acceptors (Lipinski definition) is 4. The zero-order chi connectivity index (χ0) is 19.1. The number of nitrogens with zero attached hydrogens (tertiary/aromatic N) is 2. The van der Waals surface area contributed by atoms with Gasteiger partial charge >= 0.3 is 6.18 Å². The molecule has 0 saturated carbocycles. The topological polar surface area (TPSA) is 45.6 Å². The molecule has 1 aromatic carbocycles. The number of pyridine rings is 1. The molecule has 7 heteroatoms. The molecule has 0 radical (unpaired) electrons. The maximum absolute atomic E-state index is 13.0. The highest BCUT2D eigenvalue weighted by Gasteiger charge is 2.47. The van der Waals surface area contributed by atoms with Gasteiger partial charge < -0.3 is 9.84 Å². The van der Waals surface area contributed by atoms with Gasteiger partial charge in [-0.25, -0.2) is 0 Å². The summed E-state index contributed by atoms with van der Waals surface area (Å²) in [4.78, 5) is 6.03. The van der Waals surface area contributed by atoms with E-state index in [9.17, 15) is 18.3 Å². The van der Waals surface area contributed by atoms with Crippen molar-refractivity contribution in [2.24, 2.45) is 0 Å². The van der Waals surface area contributed by atoms with Crippen molar-refractivity contribution in [1.82, 2.24) is 9.88 Å². The molecule has 0 aliphatic carbocycles. The maximum atomic E-state index is 13.0. The lowest BCUT2D eigenvalue weighted by Gasteiger charge is -2.51. The van der Waals surface area contributed by atoms with Crippen LogP contribution < -0.4 is 0 Å². The molecule has 4 rings (SSSR count). The van der Waals surface area contributed by atoms with E-state index in [4.69, 9.17) is 4.74 Å². The van der Waals surface area contributed by atoms with Crippen molar-refractivity contribution in [2.75, 3.05) is 13.2 Å². The Hall–Kier alpha value is -1.96. The Bertz CT molecular complexity index is 783. The van der Waals surface area contributed by atoms with Gasteiger partial charge in [0.25, 0.3) is 0 Å². The van der Waals surface area contributed by atoms with Crippen molar-refractivity contribution >= 4 is 0 Å².